The summed E-state index contributed by atoms with van der Waals surface area (Å²) in [6, 6.07) is 97.0. The highest BCUT2D eigenvalue weighted by molar-refractivity contribution is 6.10. The largest absolute Gasteiger partial charge is 0.310 e. The van der Waals surface area contributed by atoms with Gasteiger partial charge in [0, 0.05) is 33.3 Å². The number of aromatic nitrogens is 1. The first kappa shape index (κ1) is 38.9. The van der Waals surface area contributed by atoms with Gasteiger partial charge in [-0.15, -0.1) is 0 Å². The summed E-state index contributed by atoms with van der Waals surface area (Å²) in [6.45, 7) is 0. The number of anilines is 3. The lowest BCUT2D eigenvalue weighted by Crippen LogP contribution is -2.12. The lowest BCUT2D eigenvalue weighted by atomic mass is 9.90. The summed E-state index contributed by atoms with van der Waals surface area (Å²) in [5.41, 5.74) is 18.5. The summed E-state index contributed by atoms with van der Waals surface area (Å²) in [6.07, 6.45) is 0. The summed E-state index contributed by atoms with van der Waals surface area (Å²) in [4.78, 5) is 2.46. The molecule has 0 unspecified atom stereocenters. The molecule has 0 aliphatic heterocycles. The fourth-order valence-corrected chi connectivity index (χ4v) is 10.0. The van der Waals surface area contributed by atoms with Crippen molar-refractivity contribution in [3.05, 3.63) is 267 Å². The topological polar surface area (TPSA) is 8.17 Å². The lowest BCUT2D eigenvalue weighted by molar-refractivity contribution is 1.18. The number of rotatable bonds is 9. The summed E-state index contributed by atoms with van der Waals surface area (Å²) >= 11 is 0. The summed E-state index contributed by atoms with van der Waals surface area (Å²) in [7, 11) is 0. The Morgan fingerprint density at radius 1 is 0.242 bits per heavy atom. The van der Waals surface area contributed by atoms with E-state index in [-0.39, 0.29) is 0 Å². The van der Waals surface area contributed by atoms with Crippen LogP contribution in [-0.4, -0.2) is 4.57 Å². The molecule has 1 heterocycles. The summed E-state index contributed by atoms with van der Waals surface area (Å²) < 4.78 is 2.44. The van der Waals surface area contributed by atoms with Crippen LogP contribution in [0, 0.1) is 0 Å². The molecule has 2 nitrogen and oxygen atoms in total. The molecular weight excluding hydrogens is 797 g/mol. The first-order chi connectivity index (χ1) is 32.8. The molecule has 1 aromatic heterocycles. The van der Waals surface area contributed by atoms with Gasteiger partial charge in [0.2, 0.25) is 0 Å². The molecule has 0 aliphatic rings. The number of benzene rings is 11. The van der Waals surface area contributed by atoms with Crippen molar-refractivity contribution in [1.82, 2.24) is 4.57 Å². The Labute approximate surface area is 385 Å². The number of fused-ring (bicyclic) bond motifs is 4. The van der Waals surface area contributed by atoms with Crippen molar-refractivity contribution in [3.8, 4) is 61.3 Å². The van der Waals surface area contributed by atoms with Gasteiger partial charge < -0.3 is 9.47 Å². The van der Waals surface area contributed by atoms with Gasteiger partial charge in [-0.05, 0) is 104 Å². The predicted octanol–water partition coefficient (Wildman–Crippen LogP) is 17.7. The van der Waals surface area contributed by atoms with E-state index >= 15 is 0 Å². The third kappa shape index (κ3) is 6.84. The van der Waals surface area contributed by atoms with E-state index in [1.165, 1.54) is 54.8 Å². The Hall–Kier alpha value is -8.72. The smallest absolute Gasteiger partial charge is 0.0541 e. The van der Waals surface area contributed by atoms with Gasteiger partial charge >= 0.3 is 0 Å². The number of para-hydroxylation sites is 4. The third-order valence-electron chi connectivity index (χ3n) is 13.0. The van der Waals surface area contributed by atoms with E-state index < -0.39 is 0 Å². The monoisotopic (exact) mass is 840 g/mol. The second-order valence-corrected chi connectivity index (χ2v) is 16.8. The molecule has 310 valence electrons. The van der Waals surface area contributed by atoms with Gasteiger partial charge in [-0.3, -0.25) is 0 Å². The second kappa shape index (κ2) is 16.8. The summed E-state index contributed by atoms with van der Waals surface area (Å²) in [5.74, 6) is 0. The first-order valence-electron chi connectivity index (χ1n) is 22.7. The van der Waals surface area contributed by atoms with Crippen molar-refractivity contribution in [2.75, 3.05) is 4.90 Å². The second-order valence-electron chi connectivity index (χ2n) is 16.8. The molecule has 0 bridgehead atoms. The molecule has 0 atom stereocenters. The molecule has 0 saturated carbocycles. The maximum Gasteiger partial charge on any atom is 0.0541 e. The maximum absolute atomic E-state index is 2.46. The molecule has 11 aromatic carbocycles. The standard InChI is InChI=1S/C64H44N2/c1-4-21-45(22-5-1)48-27-20-28-49(43-48)65(61-35-16-12-31-56(61)54-42-41-51(46-23-6-2-7-24-46)52-29-10-11-30-53(52)54)50-39-40-55(60(44-50)47-25-8-3-9-26-47)57-32-13-17-36-62(57)66-63-37-18-14-33-58(63)59-34-15-19-38-64(59)66/h1-44H. The highest BCUT2D eigenvalue weighted by Gasteiger charge is 2.23. The van der Waals surface area contributed by atoms with E-state index in [1.54, 1.807) is 0 Å². The van der Waals surface area contributed by atoms with Gasteiger partial charge in [-0.1, -0.05) is 218 Å². The highest BCUT2D eigenvalue weighted by atomic mass is 15.1. The maximum atomic E-state index is 2.46. The van der Waals surface area contributed by atoms with Crippen molar-refractivity contribution in [2.24, 2.45) is 0 Å². The van der Waals surface area contributed by atoms with E-state index in [9.17, 15) is 0 Å². The van der Waals surface area contributed by atoms with Crippen molar-refractivity contribution >= 4 is 49.6 Å². The molecule has 0 N–H and O–H groups in total. The van der Waals surface area contributed by atoms with Crippen molar-refractivity contribution in [3.63, 3.8) is 0 Å². The Balaban J connectivity index is 1.10. The SMILES string of the molecule is c1ccc(-c2cccc(N(c3ccc(-c4ccccc4-n4c5ccccc5c5ccccc54)c(-c4ccccc4)c3)c3ccccc3-c3ccc(-c4ccccc4)c4ccccc34)c2)cc1. The normalized spacial score (nSPS) is 11.3. The molecule has 2 heteroatoms. The average molecular weight is 841 g/mol. The van der Waals surface area contributed by atoms with Gasteiger partial charge in [-0.2, -0.15) is 0 Å². The third-order valence-corrected chi connectivity index (χ3v) is 13.0. The predicted molar refractivity (Wildman–Crippen MR) is 280 cm³/mol. The van der Waals surface area contributed by atoms with Gasteiger partial charge in [-0.25, -0.2) is 0 Å². The van der Waals surface area contributed by atoms with E-state index in [0.717, 1.165) is 56.1 Å². The minimum absolute atomic E-state index is 1.06. The van der Waals surface area contributed by atoms with Crippen LogP contribution < -0.4 is 4.90 Å². The molecular formula is C64H44N2. The number of hydrogen-bond donors (Lipinski definition) is 0. The first-order valence-corrected chi connectivity index (χ1v) is 22.7. The zero-order chi connectivity index (χ0) is 43.8. The zero-order valence-corrected chi connectivity index (χ0v) is 36.3. The fourth-order valence-electron chi connectivity index (χ4n) is 10.0. The van der Waals surface area contributed by atoms with Gasteiger partial charge in [0.05, 0.1) is 22.4 Å². The molecule has 12 aromatic rings. The van der Waals surface area contributed by atoms with Crippen LogP contribution in [0.25, 0.3) is 93.9 Å². The van der Waals surface area contributed by atoms with Crippen molar-refractivity contribution in [2.45, 2.75) is 0 Å². The lowest BCUT2D eigenvalue weighted by Gasteiger charge is -2.30. The minimum Gasteiger partial charge on any atom is -0.310 e. The molecule has 66 heavy (non-hydrogen) atoms. The van der Waals surface area contributed by atoms with Crippen LogP contribution in [0.2, 0.25) is 0 Å². The molecule has 0 aliphatic carbocycles. The molecule has 12 rings (SSSR count). The highest BCUT2D eigenvalue weighted by Crippen LogP contribution is 2.47. The van der Waals surface area contributed by atoms with E-state index in [0.29, 0.717) is 0 Å². The van der Waals surface area contributed by atoms with Gasteiger partial charge in [0.15, 0.2) is 0 Å². The molecule has 0 fully saturated rings. The molecule has 0 amide bonds. The Morgan fingerprint density at radius 3 is 1.39 bits per heavy atom. The van der Waals surface area contributed by atoms with E-state index in [2.05, 4.69) is 276 Å². The Morgan fingerprint density at radius 2 is 0.712 bits per heavy atom. The molecule has 0 spiro atoms. The average Bonchev–Trinajstić information content (AvgIpc) is 3.74. The zero-order valence-electron chi connectivity index (χ0n) is 36.3. The number of hydrogen-bond acceptors (Lipinski definition) is 1. The van der Waals surface area contributed by atoms with Crippen LogP contribution in [0.5, 0.6) is 0 Å². The van der Waals surface area contributed by atoms with Crippen LogP contribution in [0.15, 0.2) is 267 Å². The Bertz CT molecular complexity index is 3650. The fraction of sp³-hybridized carbons (Fsp3) is 0. The van der Waals surface area contributed by atoms with Crippen LogP contribution in [0.3, 0.4) is 0 Å². The molecule has 0 saturated heterocycles. The van der Waals surface area contributed by atoms with E-state index in [4.69, 9.17) is 0 Å². The minimum atomic E-state index is 1.06. The van der Waals surface area contributed by atoms with Gasteiger partial charge in [0.25, 0.3) is 0 Å². The quantitative estimate of drug-likeness (QED) is 0.141. The van der Waals surface area contributed by atoms with Crippen molar-refractivity contribution < 1.29 is 0 Å². The van der Waals surface area contributed by atoms with Crippen LogP contribution >= 0.6 is 0 Å². The van der Waals surface area contributed by atoms with Crippen LogP contribution in [-0.2, 0) is 0 Å². The Kier molecular flexibility index (Phi) is 9.89. The van der Waals surface area contributed by atoms with Crippen molar-refractivity contribution in [1.29, 1.82) is 0 Å². The van der Waals surface area contributed by atoms with Crippen LogP contribution in [0.1, 0.15) is 0 Å². The van der Waals surface area contributed by atoms with Gasteiger partial charge in [0.1, 0.15) is 0 Å². The van der Waals surface area contributed by atoms with E-state index in [1.807, 2.05) is 0 Å². The summed E-state index contributed by atoms with van der Waals surface area (Å²) in [5, 5.41) is 4.93. The van der Waals surface area contributed by atoms with Crippen LogP contribution in [0.4, 0.5) is 17.1 Å². The molecule has 0 radical (unpaired) electrons. The number of nitrogens with zero attached hydrogens (tertiary/aromatic N) is 2.